The molecule has 0 amide bonds. The van der Waals surface area contributed by atoms with E-state index in [1.807, 2.05) is 0 Å². The maximum Gasteiger partial charge on any atom is 0.416 e. The van der Waals surface area contributed by atoms with Crippen molar-refractivity contribution < 1.29 is 27.5 Å². The predicted octanol–water partition coefficient (Wildman–Crippen LogP) is 6.66. The van der Waals surface area contributed by atoms with Gasteiger partial charge in [0.2, 0.25) is 0 Å². The molecule has 0 fully saturated rings. The summed E-state index contributed by atoms with van der Waals surface area (Å²) < 4.78 is 52.6. The summed E-state index contributed by atoms with van der Waals surface area (Å²) in [5.41, 5.74) is 1.18. The molecule has 3 aromatic carbocycles. The second-order valence-corrected chi connectivity index (χ2v) is 6.64. The lowest BCUT2D eigenvalue weighted by molar-refractivity contribution is -0.137. The molecular weight excluding hydrogens is 398 g/mol. The minimum atomic E-state index is -4.49. The van der Waals surface area contributed by atoms with Crippen molar-refractivity contribution in [2.45, 2.75) is 13.1 Å². The molecule has 3 aromatic rings. The van der Waals surface area contributed by atoms with Crippen LogP contribution in [0.25, 0.3) is 5.70 Å². The van der Waals surface area contributed by atoms with Crippen LogP contribution in [0.4, 0.5) is 28.9 Å². The molecular formula is C23H17F4NO2. The summed E-state index contributed by atoms with van der Waals surface area (Å²) in [4.78, 5) is 13.0. The van der Waals surface area contributed by atoms with Crippen molar-refractivity contribution in [1.82, 2.24) is 0 Å². The van der Waals surface area contributed by atoms with E-state index in [1.165, 1.54) is 55.5 Å². The predicted molar refractivity (Wildman–Crippen MR) is 107 cm³/mol. The first-order valence-corrected chi connectivity index (χ1v) is 8.84. The maximum absolute atomic E-state index is 13.3. The molecule has 0 radical (unpaired) electrons. The van der Waals surface area contributed by atoms with E-state index in [4.69, 9.17) is 0 Å². The Labute approximate surface area is 170 Å². The first-order valence-electron chi connectivity index (χ1n) is 8.84. The van der Waals surface area contributed by atoms with E-state index in [0.29, 0.717) is 28.2 Å². The van der Waals surface area contributed by atoms with E-state index in [0.717, 1.165) is 12.1 Å². The molecule has 1 N–H and O–H groups in total. The largest absolute Gasteiger partial charge is 0.478 e. The van der Waals surface area contributed by atoms with E-state index >= 15 is 0 Å². The van der Waals surface area contributed by atoms with Gasteiger partial charge < -0.3 is 10.0 Å². The number of benzene rings is 3. The Morgan fingerprint density at radius 3 is 2.20 bits per heavy atom. The number of alkyl halides is 3. The molecule has 0 heterocycles. The van der Waals surface area contributed by atoms with E-state index in [9.17, 15) is 27.5 Å². The van der Waals surface area contributed by atoms with Gasteiger partial charge in [0.25, 0.3) is 0 Å². The highest BCUT2D eigenvalue weighted by atomic mass is 19.4. The van der Waals surface area contributed by atoms with Gasteiger partial charge in [0, 0.05) is 17.1 Å². The second-order valence-electron chi connectivity index (χ2n) is 6.64. The first kappa shape index (κ1) is 21.1. The van der Waals surface area contributed by atoms with Crippen molar-refractivity contribution in [1.29, 1.82) is 0 Å². The van der Waals surface area contributed by atoms with Crippen LogP contribution in [-0.4, -0.2) is 11.1 Å². The minimum Gasteiger partial charge on any atom is -0.478 e. The van der Waals surface area contributed by atoms with E-state index in [-0.39, 0.29) is 5.56 Å². The molecule has 0 unspecified atom stereocenters. The van der Waals surface area contributed by atoms with Crippen LogP contribution < -0.4 is 4.90 Å². The van der Waals surface area contributed by atoms with Crippen LogP contribution in [0.15, 0.2) is 73.3 Å². The number of carboxylic acids is 1. The van der Waals surface area contributed by atoms with Crippen molar-refractivity contribution in [3.63, 3.8) is 0 Å². The summed E-state index contributed by atoms with van der Waals surface area (Å²) in [6, 6.07) is 14.7. The topological polar surface area (TPSA) is 40.5 Å². The summed E-state index contributed by atoms with van der Waals surface area (Å²) >= 11 is 0. The van der Waals surface area contributed by atoms with Gasteiger partial charge in [-0.3, -0.25) is 0 Å². The van der Waals surface area contributed by atoms with Crippen molar-refractivity contribution in [2.24, 2.45) is 0 Å². The molecule has 154 valence electrons. The van der Waals surface area contributed by atoms with Crippen molar-refractivity contribution in [2.75, 3.05) is 4.90 Å². The van der Waals surface area contributed by atoms with E-state index < -0.39 is 23.5 Å². The van der Waals surface area contributed by atoms with Gasteiger partial charge in [-0.2, -0.15) is 13.2 Å². The summed E-state index contributed by atoms with van der Waals surface area (Å²) in [6.45, 7) is 5.55. The SMILES string of the molecule is C=C(c1ccc(F)cc1)N(c1cccc(C(=O)O)c1)c1ccc(C(F)(F)F)cc1C. The van der Waals surface area contributed by atoms with Crippen molar-refractivity contribution in [3.8, 4) is 0 Å². The van der Waals surface area contributed by atoms with Crippen molar-refractivity contribution in [3.05, 3.63) is 101 Å². The molecule has 30 heavy (non-hydrogen) atoms. The molecule has 0 bridgehead atoms. The van der Waals surface area contributed by atoms with Crippen LogP contribution in [0.5, 0.6) is 0 Å². The molecule has 0 aliphatic rings. The lowest BCUT2D eigenvalue weighted by Crippen LogP contribution is -2.17. The molecule has 0 spiro atoms. The average molecular weight is 415 g/mol. The number of carbonyl (C=O) groups is 1. The number of halogens is 4. The van der Waals surface area contributed by atoms with Crippen LogP contribution >= 0.6 is 0 Å². The third-order valence-corrected chi connectivity index (χ3v) is 4.56. The molecule has 3 nitrogen and oxygen atoms in total. The standard InChI is InChI=1S/C23H17F4NO2/c1-14-12-18(23(25,26)27)8-11-21(14)28(15(2)16-6-9-19(24)10-7-16)20-5-3-4-17(13-20)22(29)30/h3-13H,2H2,1H3,(H,29,30). The number of aryl methyl sites for hydroxylation is 1. The number of anilines is 2. The molecule has 3 rings (SSSR count). The normalized spacial score (nSPS) is 11.2. The number of hydrogen-bond acceptors (Lipinski definition) is 2. The molecule has 7 heteroatoms. The zero-order valence-corrected chi connectivity index (χ0v) is 15.9. The highest BCUT2D eigenvalue weighted by Crippen LogP contribution is 2.39. The second kappa shape index (κ2) is 8.02. The summed E-state index contributed by atoms with van der Waals surface area (Å²) in [6.07, 6.45) is -4.49. The van der Waals surface area contributed by atoms with Crippen molar-refractivity contribution >= 4 is 23.0 Å². The van der Waals surface area contributed by atoms with Gasteiger partial charge in [-0.1, -0.05) is 12.6 Å². The van der Waals surface area contributed by atoms with E-state index in [1.54, 1.807) is 11.0 Å². The number of aromatic carboxylic acids is 1. The van der Waals surface area contributed by atoms with Crippen LogP contribution in [0.1, 0.15) is 27.0 Å². The smallest absolute Gasteiger partial charge is 0.416 e. The van der Waals surface area contributed by atoms with Crippen LogP contribution in [0.3, 0.4) is 0 Å². The van der Waals surface area contributed by atoms with Crippen LogP contribution in [-0.2, 0) is 6.18 Å². The molecule has 0 saturated carbocycles. The number of carboxylic acid groups (broad SMARTS) is 1. The Bertz CT molecular complexity index is 1100. The third kappa shape index (κ3) is 4.35. The van der Waals surface area contributed by atoms with Gasteiger partial charge >= 0.3 is 12.1 Å². The maximum atomic E-state index is 13.3. The Morgan fingerprint density at radius 2 is 1.63 bits per heavy atom. The number of hydrogen-bond donors (Lipinski definition) is 1. The Balaban J connectivity index is 2.17. The highest BCUT2D eigenvalue weighted by Gasteiger charge is 2.31. The van der Waals surface area contributed by atoms with Gasteiger partial charge in [-0.15, -0.1) is 0 Å². The number of rotatable bonds is 5. The number of nitrogens with zero attached hydrogens (tertiary/aromatic N) is 1. The van der Waals surface area contributed by atoms with Gasteiger partial charge in [0.05, 0.1) is 11.1 Å². The fourth-order valence-corrected chi connectivity index (χ4v) is 3.07. The Kier molecular flexibility index (Phi) is 5.64. The van der Waals surface area contributed by atoms with Gasteiger partial charge in [0.15, 0.2) is 0 Å². The first-order chi connectivity index (χ1) is 14.1. The zero-order valence-electron chi connectivity index (χ0n) is 15.9. The molecule has 0 aliphatic heterocycles. The fraction of sp³-hybridized carbons (Fsp3) is 0.0870. The monoisotopic (exact) mass is 415 g/mol. The highest BCUT2D eigenvalue weighted by molar-refractivity contribution is 5.93. The van der Waals surface area contributed by atoms with Gasteiger partial charge in [-0.05, 0) is 78.7 Å². The summed E-state index contributed by atoms with van der Waals surface area (Å²) in [5, 5.41) is 9.32. The average Bonchev–Trinajstić information content (AvgIpc) is 2.69. The Morgan fingerprint density at radius 1 is 0.967 bits per heavy atom. The lowest BCUT2D eigenvalue weighted by Gasteiger charge is -2.29. The van der Waals surface area contributed by atoms with Gasteiger partial charge in [-0.25, -0.2) is 9.18 Å². The fourth-order valence-electron chi connectivity index (χ4n) is 3.07. The van der Waals surface area contributed by atoms with Crippen LogP contribution in [0, 0.1) is 12.7 Å². The van der Waals surface area contributed by atoms with Crippen LogP contribution in [0.2, 0.25) is 0 Å². The zero-order chi connectivity index (χ0) is 22.1. The third-order valence-electron chi connectivity index (χ3n) is 4.56. The molecule has 0 saturated heterocycles. The van der Waals surface area contributed by atoms with E-state index in [2.05, 4.69) is 6.58 Å². The molecule has 0 aromatic heterocycles. The van der Waals surface area contributed by atoms with Gasteiger partial charge in [0.1, 0.15) is 5.82 Å². The minimum absolute atomic E-state index is 0.00831. The summed E-state index contributed by atoms with van der Waals surface area (Å²) in [5.74, 6) is -1.59. The lowest BCUT2D eigenvalue weighted by atomic mass is 10.0. The Hall–Kier alpha value is -3.61. The summed E-state index contributed by atoms with van der Waals surface area (Å²) in [7, 11) is 0. The molecule has 0 aliphatic carbocycles. The molecule has 0 atom stereocenters. The quantitative estimate of drug-likeness (QED) is 0.474.